The summed E-state index contributed by atoms with van der Waals surface area (Å²) >= 11 is 1.57. The number of hydrogen-bond donors (Lipinski definition) is 2. The Morgan fingerprint density at radius 2 is 2.05 bits per heavy atom. The van der Waals surface area contributed by atoms with Gasteiger partial charge in [0.25, 0.3) is 0 Å². The van der Waals surface area contributed by atoms with Crippen LogP contribution < -0.4 is 10.6 Å². The van der Waals surface area contributed by atoms with E-state index in [1.165, 1.54) is 0 Å². The summed E-state index contributed by atoms with van der Waals surface area (Å²) in [5.74, 6) is 1.97. The largest absolute Gasteiger partial charge is 0.367 e. The van der Waals surface area contributed by atoms with Crippen LogP contribution in [-0.2, 0) is 10.5 Å². The number of carbonyl (C=O) groups excluding carboxylic acids is 1. The maximum atomic E-state index is 11.6. The zero-order valence-corrected chi connectivity index (χ0v) is 12.3. The number of amides is 1. The van der Waals surface area contributed by atoms with Gasteiger partial charge in [-0.3, -0.25) is 14.8 Å². The van der Waals surface area contributed by atoms with Crippen molar-refractivity contribution in [1.82, 2.24) is 20.3 Å². The Bertz CT molecular complexity index is 538. The highest BCUT2D eigenvalue weighted by Gasteiger charge is 2.01. The predicted octanol–water partition coefficient (Wildman–Crippen LogP) is 1.33. The van der Waals surface area contributed by atoms with E-state index in [-0.39, 0.29) is 5.91 Å². The molecule has 2 aromatic rings. The van der Waals surface area contributed by atoms with Gasteiger partial charge in [-0.1, -0.05) is 6.07 Å². The molecule has 2 aromatic heterocycles. The monoisotopic (exact) mass is 303 g/mol. The predicted molar refractivity (Wildman–Crippen MR) is 83.9 cm³/mol. The van der Waals surface area contributed by atoms with Gasteiger partial charge < -0.3 is 10.6 Å². The van der Waals surface area contributed by atoms with Gasteiger partial charge in [0, 0.05) is 43.6 Å². The van der Waals surface area contributed by atoms with Crippen molar-refractivity contribution in [3.05, 3.63) is 48.7 Å². The Morgan fingerprint density at radius 3 is 2.81 bits per heavy atom. The lowest BCUT2D eigenvalue weighted by molar-refractivity contribution is -0.118. The summed E-state index contributed by atoms with van der Waals surface area (Å²) in [6.45, 7) is 1.18. The Morgan fingerprint density at radius 1 is 1.14 bits per heavy atom. The summed E-state index contributed by atoms with van der Waals surface area (Å²) in [5.41, 5.74) is 1.12. The standard InChI is InChI=1S/C14H17N5OS/c20-14(11-21-10-12-2-1-3-15-8-12)19-7-6-18-13-9-16-4-5-17-13/h1-5,8-9H,6-7,10-11H2,(H,17,18)(H,19,20). The molecular weight excluding hydrogens is 286 g/mol. The minimum atomic E-state index is 0.0323. The molecular formula is C14H17N5OS. The van der Waals surface area contributed by atoms with E-state index < -0.39 is 0 Å². The minimum Gasteiger partial charge on any atom is -0.367 e. The van der Waals surface area contributed by atoms with Crippen molar-refractivity contribution < 1.29 is 4.79 Å². The molecule has 0 spiro atoms. The molecule has 1 amide bonds. The van der Waals surface area contributed by atoms with Gasteiger partial charge >= 0.3 is 0 Å². The van der Waals surface area contributed by atoms with Crippen LogP contribution in [0.4, 0.5) is 5.82 Å². The fourth-order valence-electron chi connectivity index (χ4n) is 1.58. The Labute approximate surface area is 127 Å². The maximum absolute atomic E-state index is 11.6. The summed E-state index contributed by atoms with van der Waals surface area (Å²) in [5, 5.41) is 5.93. The first-order valence-corrected chi connectivity index (χ1v) is 7.73. The van der Waals surface area contributed by atoms with Gasteiger partial charge in [0.05, 0.1) is 11.9 Å². The average Bonchev–Trinajstić information content (AvgIpc) is 2.54. The molecule has 0 unspecified atom stereocenters. The van der Waals surface area contributed by atoms with Crippen molar-refractivity contribution in [2.45, 2.75) is 5.75 Å². The third-order valence-electron chi connectivity index (χ3n) is 2.54. The van der Waals surface area contributed by atoms with Gasteiger partial charge in [-0.25, -0.2) is 4.98 Å². The SMILES string of the molecule is O=C(CSCc1cccnc1)NCCNc1cnccn1. The van der Waals surface area contributed by atoms with Crippen molar-refractivity contribution in [2.75, 3.05) is 24.2 Å². The van der Waals surface area contributed by atoms with Crippen LogP contribution in [0.15, 0.2) is 43.1 Å². The van der Waals surface area contributed by atoms with Crippen molar-refractivity contribution in [3.8, 4) is 0 Å². The third-order valence-corrected chi connectivity index (χ3v) is 3.54. The maximum Gasteiger partial charge on any atom is 0.230 e. The van der Waals surface area contributed by atoms with Crippen LogP contribution in [0.1, 0.15) is 5.56 Å². The molecule has 0 fully saturated rings. The topological polar surface area (TPSA) is 79.8 Å². The second-order valence-electron chi connectivity index (χ2n) is 4.22. The molecule has 0 aliphatic carbocycles. The number of rotatable bonds is 8. The quantitative estimate of drug-likeness (QED) is 0.716. The van der Waals surface area contributed by atoms with Crippen LogP contribution in [0.3, 0.4) is 0 Å². The van der Waals surface area contributed by atoms with Gasteiger partial charge in [-0.05, 0) is 11.6 Å². The zero-order chi connectivity index (χ0) is 14.8. The van der Waals surface area contributed by atoms with Crippen molar-refractivity contribution in [1.29, 1.82) is 0 Å². The summed E-state index contributed by atoms with van der Waals surface area (Å²) in [7, 11) is 0. The summed E-state index contributed by atoms with van der Waals surface area (Å²) in [6.07, 6.45) is 8.44. The molecule has 0 saturated heterocycles. The van der Waals surface area contributed by atoms with E-state index in [0.29, 0.717) is 24.7 Å². The van der Waals surface area contributed by atoms with E-state index in [2.05, 4.69) is 25.6 Å². The first-order chi connectivity index (χ1) is 10.3. The van der Waals surface area contributed by atoms with E-state index in [0.717, 1.165) is 11.3 Å². The Balaban J connectivity index is 1.54. The van der Waals surface area contributed by atoms with Crippen molar-refractivity contribution in [2.24, 2.45) is 0 Å². The van der Waals surface area contributed by atoms with Crippen LogP contribution in [0.2, 0.25) is 0 Å². The van der Waals surface area contributed by atoms with Gasteiger partial charge in [0.15, 0.2) is 0 Å². The summed E-state index contributed by atoms with van der Waals surface area (Å²) in [6, 6.07) is 3.90. The number of nitrogens with one attached hydrogen (secondary N) is 2. The molecule has 2 N–H and O–H groups in total. The minimum absolute atomic E-state index is 0.0323. The third kappa shape index (κ3) is 6.22. The molecule has 2 rings (SSSR count). The highest BCUT2D eigenvalue weighted by molar-refractivity contribution is 7.99. The molecule has 0 radical (unpaired) electrons. The lowest BCUT2D eigenvalue weighted by Gasteiger charge is -2.07. The highest BCUT2D eigenvalue weighted by atomic mass is 32.2. The lowest BCUT2D eigenvalue weighted by Crippen LogP contribution is -2.30. The zero-order valence-electron chi connectivity index (χ0n) is 11.5. The van der Waals surface area contributed by atoms with E-state index in [4.69, 9.17) is 0 Å². The molecule has 7 heteroatoms. The number of hydrogen-bond acceptors (Lipinski definition) is 6. The van der Waals surface area contributed by atoms with Gasteiger partial charge in [0.2, 0.25) is 5.91 Å². The normalized spacial score (nSPS) is 10.1. The van der Waals surface area contributed by atoms with Crippen LogP contribution in [0.25, 0.3) is 0 Å². The first kappa shape index (κ1) is 15.2. The van der Waals surface area contributed by atoms with Gasteiger partial charge in [-0.15, -0.1) is 11.8 Å². The van der Waals surface area contributed by atoms with Crippen molar-refractivity contribution >= 4 is 23.5 Å². The van der Waals surface area contributed by atoms with Crippen LogP contribution in [0, 0.1) is 0 Å². The number of aromatic nitrogens is 3. The van der Waals surface area contributed by atoms with Crippen molar-refractivity contribution in [3.63, 3.8) is 0 Å². The van der Waals surface area contributed by atoms with Gasteiger partial charge in [0.1, 0.15) is 5.82 Å². The summed E-state index contributed by atoms with van der Waals surface area (Å²) in [4.78, 5) is 23.7. The molecule has 2 heterocycles. The number of thioether (sulfide) groups is 1. The molecule has 6 nitrogen and oxygen atoms in total. The molecule has 21 heavy (non-hydrogen) atoms. The summed E-state index contributed by atoms with van der Waals surface area (Å²) < 4.78 is 0. The molecule has 0 aliphatic heterocycles. The number of anilines is 1. The Kier molecular flexibility index (Phi) is 6.47. The first-order valence-electron chi connectivity index (χ1n) is 6.58. The lowest BCUT2D eigenvalue weighted by atomic mass is 10.3. The molecule has 0 atom stereocenters. The fourth-order valence-corrected chi connectivity index (χ4v) is 2.37. The highest BCUT2D eigenvalue weighted by Crippen LogP contribution is 2.09. The van der Waals surface area contributed by atoms with E-state index in [1.807, 2.05) is 18.3 Å². The smallest absolute Gasteiger partial charge is 0.230 e. The molecule has 0 bridgehead atoms. The molecule has 0 saturated carbocycles. The van der Waals surface area contributed by atoms with Gasteiger partial charge in [-0.2, -0.15) is 0 Å². The van der Waals surface area contributed by atoms with Crippen LogP contribution in [-0.4, -0.2) is 39.7 Å². The van der Waals surface area contributed by atoms with E-state index >= 15 is 0 Å². The molecule has 0 aliphatic rings. The van der Waals surface area contributed by atoms with Crippen LogP contribution >= 0.6 is 11.8 Å². The molecule has 0 aromatic carbocycles. The Hall–Kier alpha value is -2.15. The number of carbonyl (C=O) groups is 1. The molecule has 110 valence electrons. The fraction of sp³-hybridized carbons (Fsp3) is 0.286. The van der Waals surface area contributed by atoms with E-state index in [1.54, 1.807) is 36.5 Å². The average molecular weight is 303 g/mol. The second-order valence-corrected chi connectivity index (χ2v) is 5.21. The second kappa shape index (κ2) is 8.91. The number of pyridine rings is 1. The van der Waals surface area contributed by atoms with Crippen LogP contribution in [0.5, 0.6) is 0 Å². The number of nitrogens with zero attached hydrogens (tertiary/aromatic N) is 3. The van der Waals surface area contributed by atoms with E-state index in [9.17, 15) is 4.79 Å².